The molecule has 0 saturated carbocycles. The number of carbonyl (C=O) groups is 1. The Balaban J connectivity index is 2.18. The van der Waals surface area contributed by atoms with E-state index in [2.05, 4.69) is 4.74 Å². The number of morpholine rings is 1. The molecule has 1 unspecified atom stereocenters. The number of amides is 1. The van der Waals surface area contributed by atoms with Gasteiger partial charge in [0, 0.05) is 6.54 Å². The third kappa shape index (κ3) is 3.22. The van der Waals surface area contributed by atoms with Crippen LogP contribution >= 0.6 is 0 Å². The highest BCUT2D eigenvalue weighted by atomic mass is 19.3. The molecular weight excluding hydrogens is 270 g/mol. The lowest BCUT2D eigenvalue weighted by atomic mass is 10.1. The van der Waals surface area contributed by atoms with Gasteiger partial charge < -0.3 is 14.4 Å². The first kappa shape index (κ1) is 14.2. The fraction of sp³-hybridized carbons (Fsp3) is 0.385. The smallest absolute Gasteiger partial charge is 0.387 e. The molecule has 1 aliphatic rings. The van der Waals surface area contributed by atoms with Crippen molar-refractivity contribution in [2.24, 2.45) is 0 Å². The fourth-order valence-electron chi connectivity index (χ4n) is 1.92. The summed E-state index contributed by atoms with van der Waals surface area (Å²) in [7, 11) is 0. The molecule has 1 heterocycles. The molecule has 2 rings (SSSR count). The number of nitrogens with zero attached hydrogens (tertiary/aromatic N) is 2. The predicted molar refractivity (Wildman–Crippen MR) is 64.3 cm³/mol. The van der Waals surface area contributed by atoms with Gasteiger partial charge in [-0.25, -0.2) is 0 Å². The summed E-state index contributed by atoms with van der Waals surface area (Å²) in [5.74, 6) is -0.628. The zero-order valence-electron chi connectivity index (χ0n) is 10.5. The predicted octanol–water partition coefficient (Wildman–Crippen LogP) is 1.65. The van der Waals surface area contributed by atoms with Crippen LogP contribution in [0.5, 0.6) is 5.75 Å². The van der Waals surface area contributed by atoms with Crippen LogP contribution in [-0.4, -0.2) is 43.2 Å². The van der Waals surface area contributed by atoms with Crippen LogP contribution in [-0.2, 0) is 4.74 Å². The first-order valence-electron chi connectivity index (χ1n) is 5.96. The van der Waals surface area contributed by atoms with Gasteiger partial charge in [0.25, 0.3) is 5.91 Å². The van der Waals surface area contributed by atoms with Crippen LogP contribution in [0.15, 0.2) is 24.3 Å². The number of alkyl halides is 2. The number of para-hydroxylation sites is 1. The number of nitriles is 1. The molecule has 5 nitrogen and oxygen atoms in total. The minimum absolute atomic E-state index is 0.0476. The molecule has 1 amide bonds. The Morgan fingerprint density at radius 2 is 2.25 bits per heavy atom. The summed E-state index contributed by atoms with van der Waals surface area (Å²) in [6.45, 7) is -2.35. The van der Waals surface area contributed by atoms with Crippen molar-refractivity contribution < 1.29 is 23.0 Å². The summed E-state index contributed by atoms with van der Waals surface area (Å²) in [6, 6.07) is 7.71. The summed E-state index contributed by atoms with van der Waals surface area (Å²) >= 11 is 0. The van der Waals surface area contributed by atoms with Crippen molar-refractivity contribution in [3.63, 3.8) is 0 Å². The van der Waals surface area contributed by atoms with Crippen LogP contribution in [0.25, 0.3) is 0 Å². The van der Waals surface area contributed by atoms with Crippen LogP contribution in [0.3, 0.4) is 0 Å². The van der Waals surface area contributed by atoms with Crippen molar-refractivity contribution in [2.45, 2.75) is 12.7 Å². The van der Waals surface area contributed by atoms with E-state index in [0.717, 1.165) is 0 Å². The Morgan fingerprint density at radius 1 is 1.50 bits per heavy atom. The van der Waals surface area contributed by atoms with Crippen LogP contribution in [0.2, 0.25) is 0 Å². The van der Waals surface area contributed by atoms with E-state index in [4.69, 9.17) is 10.00 Å². The fourth-order valence-corrected chi connectivity index (χ4v) is 1.92. The number of hydrogen-bond donors (Lipinski definition) is 0. The van der Waals surface area contributed by atoms with E-state index in [1.807, 2.05) is 6.07 Å². The van der Waals surface area contributed by atoms with Gasteiger partial charge in [-0.2, -0.15) is 14.0 Å². The summed E-state index contributed by atoms with van der Waals surface area (Å²) < 4.78 is 34.1. The maximum absolute atomic E-state index is 12.3. The molecule has 1 fully saturated rings. The van der Waals surface area contributed by atoms with Gasteiger partial charge in [-0.05, 0) is 12.1 Å². The molecule has 106 valence electrons. The molecule has 1 aromatic rings. The van der Waals surface area contributed by atoms with E-state index >= 15 is 0 Å². The lowest BCUT2D eigenvalue weighted by molar-refractivity contribution is -0.0505. The maximum atomic E-state index is 12.3. The topological polar surface area (TPSA) is 62.6 Å². The van der Waals surface area contributed by atoms with Crippen molar-refractivity contribution in [3.8, 4) is 11.8 Å². The Bertz CT molecular complexity index is 531. The van der Waals surface area contributed by atoms with Crippen molar-refractivity contribution >= 4 is 5.91 Å². The first-order valence-corrected chi connectivity index (χ1v) is 5.96. The van der Waals surface area contributed by atoms with Crippen molar-refractivity contribution in [2.75, 3.05) is 19.7 Å². The third-order valence-electron chi connectivity index (χ3n) is 2.83. The molecule has 0 aromatic heterocycles. The highest BCUT2D eigenvalue weighted by molar-refractivity contribution is 5.97. The first-order chi connectivity index (χ1) is 9.61. The van der Waals surface area contributed by atoms with Gasteiger partial charge in [0.1, 0.15) is 5.75 Å². The molecular formula is C13H12F2N2O3. The quantitative estimate of drug-likeness (QED) is 0.845. The minimum Gasteiger partial charge on any atom is -0.434 e. The SMILES string of the molecule is N#CC1CN(C(=O)c2ccccc2OC(F)F)CCO1. The highest BCUT2D eigenvalue weighted by Crippen LogP contribution is 2.22. The van der Waals surface area contributed by atoms with Crippen LogP contribution in [0.1, 0.15) is 10.4 Å². The van der Waals surface area contributed by atoms with Gasteiger partial charge in [-0.15, -0.1) is 0 Å². The zero-order chi connectivity index (χ0) is 14.5. The van der Waals surface area contributed by atoms with Crippen molar-refractivity contribution in [3.05, 3.63) is 29.8 Å². The van der Waals surface area contributed by atoms with Crippen molar-refractivity contribution in [1.29, 1.82) is 5.26 Å². The molecule has 1 saturated heterocycles. The molecule has 0 aliphatic carbocycles. The Hall–Kier alpha value is -2.20. The van der Waals surface area contributed by atoms with Crippen LogP contribution < -0.4 is 4.74 Å². The molecule has 0 N–H and O–H groups in total. The average molecular weight is 282 g/mol. The normalized spacial score (nSPS) is 18.7. The summed E-state index contributed by atoms with van der Waals surface area (Å²) in [5, 5.41) is 8.80. The molecule has 7 heteroatoms. The molecule has 0 bridgehead atoms. The molecule has 20 heavy (non-hydrogen) atoms. The van der Waals surface area contributed by atoms with Gasteiger partial charge in [-0.1, -0.05) is 12.1 Å². The number of halogens is 2. The molecule has 1 aromatic carbocycles. The maximum Gasteiger partial charge on any atom is 0.387 e. The molecule has 0 radical (unpaired) electrons. The number of carbonyl (C=O) groups excluding carboxylic acids is 1. The lowest BCUT2D eigenvalue weighted by Crippen LogP contribution is -2.45. The monoisotopic (exact) mass is 282 g/mol. The van der Waals surface area contributed by atoms with Gasteiger partial charge in [0.2, 0.25) is 0 Å². The van der Waals surface area contributed by atoms with E-state index < -0.39 is 18.6 Å². The zero-order valence-corrected chi connectivity index (χ0v) is 10.5. The van der Waals surface area contributed by atoms with Gasteiger partial charge in [-0.3, -0.25) is 4.79 Å². The second-order valence-electron chi connectivity index (χ2n) is 4.11. The Morgan fingerprint density at radius 3 is 2.95 bits per heavy atom. The standard InChI is InChI=1S/C13H12F2N2O3/c14-13(15)20-11-4-2-1-3-10(11)12(18)17-5-6-19-9(7-16)8-17/h1-4,9,13H,5-6,8H2. The van der Waals surface area contributed by atoms with E-state index in [1.165, 1.54) is 23.1 Å². The number of benzene rings is 1. The van der Waals surface area contributed by atoms with Crippen LogP contribution in [0, 0.1) is 11.3 Å². The van der Waals surface area contributed by atoms with Gasteiger partial charge in [0.05, 0.1) is 24.8 Å². The third-order valence-corrected chi connectivity index (χ3v) is 2.83. The number of ether oxygens (including phenoxy) is 2. The minimum atomic E-state index is -3.00. The van der Waals surface area contributed by atoms with Crippen LogP contribution in [0.4, 0.5) is 8.78 Å². The number of hydrogen-bond acceptors (Lipinski definition) is 4. The van der Waals surface area contributed by atoms with Gasteiger partial charge in [0.15, 0.2) is 6.10 Å². The van der Waals surface area contributed by atoms with E-state index in [-0.39, 0.29) is 24.5 Å². The number of rotatable bonds is 3. The van der Waals surface area contributed by atoms with E-state index in [9.17, 15) is 13.6 Å². The molecule has 1 aliphatic heterocycles. The summed E-state index contributed by atoms with van der Waals surface area (Å²) in [4.78, 5) is 13.7. The Kier molecular flexibility index (Phi) is 4.48. The lowest BCUT2D eigenvalue weighted by Gasteiger charge is -2.30. The van der Waals surface area contributed by atoms with Crippen molar-refractivity contribution in [1.82, 2.24) is 4.90 Å². The Labute approximate surface area is 114 Å². The highest BCUT2D eigenvalue weighted by Gasteiger charge is 2.27. The van der Waals surface area contributed by atoms with E-state index in [0.29, 0.717) is 6.54 Å². The van der Waals surface area contributed by atoms with Gasteiger partial charge >= 0.3 is 6.61 Å². The molecule has 1 atom stereocenters. The molecule has 0 spiro atoms. The second kappa shape index (κ2) is 6.30. The largest absolute Gasteiger partial charge is 0.434 e. The second-order valence-corrected chi connectivity index (χ2v) is 4.11. The average Bonchev–Trinajstić information content (AvgIpc) is 2.46. The summed E-state index contributed by atoms with van der Waals surface area (Å²) in [5.41, 5.74) is 0.0476. The van der Waals surface area contributed by atoms with E-state index in [1.54, 1.807) is 6.07 Å². The summed E-state index contributed by atoms with van der Waals surface area (Å²) in [6.07, 6.45) is -0.698.